The summed E-state index contributed by atoms with van der Waals surface area (Å²) in [4.78, 5) is 24.4. The summed E-state index contributed by atoms with van der Waals surface area (Å²) in [6.07, 6.45) is 3.89. The Morgan fingerprint density at radius 1 is 1.20 bits per heavy atom. The van der Waals surface area contributed by atoms with Crippen molar-refractivity contribution >= 4 is 11.9 Å². The van der Waals surface area contributed by atoms with Crippen molar-refractivity contribution in [2.24, 2.45) is 0 Å². The number of aromatic nitrogens is 4. The molecule has 0 bridgehead atoms. The monoisotopic (exact) mass is 350 g/mol. The van der Waals surface area contributed by atoms with Crippen LogP contribution in [0.4, 0.5) is 13.6 Å². The Hall–Kier alpha value is -2.91. The first kappa shape index (κ1) is 16.9. The molecule has 0 unspecified atom stereocenters. The first-order valence-corrected chi connectivity index (χ1v) is 7.85. The van der Waals surface area contributed by atoms with Gasteiger partial charge in [0, 0.05) is 6.04 Å². The molecule has 1 aromatic heterocycles. The average molecular weight is 350 g/mol. The van der Waals surface area contributed by atoms with Crippen LogP contribution in [0.1, 0.15) is 25.7 Å². The lowest BCUT2D eigenvalue weighted by Gasteiger charge is -2.11. The summed E-state index contributed by atoms with van der Waals surface area (Å²) < 4.78 is 27.4. The van der Waals surface area contributed by atoms with Crippen LogP contribution in [-0.2, 0) is 11.3 Å². The molecule has 8 nitrogen and oxygen atoms in total. The van der Waals surface area contributed by atoms with Gasteiger partial charge in [-0.05, 0) is 30.2 Å². The molecule has 132 valence electrons. The number of hydrogen-bond acceptors (Lipinski definition) is 5. The van der Waals surface area contributed by atoms with Gasteiger partial charge in [-0.15, -0.1) is 10.2 Å². The van der Waals surface area contributed by atoms with E-state index in [1.54, 1.807) is 0 Å². The van der Waals surface area contributed by atoms with E-state index in [1.807, 2.05) is 0 Å². The molecule has 1 heterocycles. The molecule has 1 saturated carbocycles. The third-order valence-corrected chi connectivity index (χ3v) is 3.87. The molecule has 0 saturated heterocycles. The molecular formula is C15H16F2N6O2. The van der Waals surface area contributed by atoms with E-state index in [1.165, 1.54) is 6.07 Å². The van der Waals surface area contributed by atoms with Crippen LogP contribution in [0, 0.1) is 11.6 Å². The molecule has 3 amide bonds. The number of urea groups is 1. The molecule has 0 atom stereocenters. The zero-order valence-corrected chi connectivity index (χ0v) is 13.2. The van der Waals surface area contributed by atoms with Gasteiger partial charge in [0.1, 0.15) is 18.2 Å². The normalized spacial score (nSPS) is 14.5. The molecule has 0 aliphatic heterocycles. The lowest BCUT2D eigenvalue weighted by atomic mass is 10.2. The van der Waals surface area contributed by atoms with Crippen molar-refractivity contribution in [3.8, 4) is 11.4 Å². The molecule has 3 rings (SSSR count). The second-order valence-corrected chi connectivity index (χ2v) is 5.74. The highest BCUT2D eigenvalue weighted by Gasteiger charge is 2.20. The van der Waals surface area contributed by atoms with Gasteiger partial charge in [-0.3, -0.25) is 10.1 Å². The van der Waals surface area contributed by atoms with Crippen LogP contribution in [0.25, 0.3) is 11.4 Å². The van der Waals surface area contributed by atoms with E-state index in [0.717, 1.165) is 42.6 Å². The lowest BCUT2D eigenvalue weighted by Crippen LogP contribution is -2.44. The number of nitrogens with zero attached hydrogens (tertiary/aromatic N) is 4. The number of rotatable bonds is 4. The average Bonchev–Trinajstić information content (AvgIpc) is 3.19. The summed E-state index contributed by atoms with van der Waals surface area (Å²) in [5.41, 5.74) is -0.423. The van der Waals surface area contributed by atoms with E-state index in [9.17, 15) is 18.4 Å². The highest BCUT2D eigenvalue weighted by molar-refractivity contribution is 5.94. The van der Waals surface area contributed by atoms with Crippen molar-refractivity contribution in [2.45, 2.75) is 38.3 Å². The fourth-order valence-corrected chi connectivity index (χ4v) is 2.71. The summed E-state index contributed by atoms with van der Waals surface area (Å²) in [7, 11) is 0. The largest absolute Gasteiger partial charge is 0.335 e. The Morgan fingerprint density at radius 2 is 1.88 bits per heavy atom. The lowest BCUT2D eigenvalue weighted by molar-refractivity contribution is -0.121. The molecule has 25 heavy (non-hydrogen) atoms. The number of hydrogen-bond donors (Lipinski definition) is 2. The van der Waals surface area contributed by atoms with Crippen LogP contribution >= 0.6 is 0 Å². The number of amides is 3. The maximum atomic E-state index is 13.7. The maximum Gasteiger partial charge on any atom is 0.321 e. The minimum atomic E-state index is -0.833. The van der Waals surface area contributed by atoms with Crippen molar-refractivity contribution in [3.05, 3.63) is 29.8 Å². The van der Waals surface area contributed by atoms with Crippen LogP contribution in [0.3, 0.4) is 0 Å². The zero-order valence-electron chi connectivity index (χ0n) is 13.2. The van der Waals surface area contributed by atoms with Gasteiger partial charge in [0.25, 0.3) is 5.91 Å². The van der Waals surface area contributed by atoms with Gasteiger partial charge in [-0.2, -0.15) is 4.80 Å². The molecule has 1 aliphatic rings. The van der Waals surface area contributed by atoms with Crippen molar-refractivity contribution in [3.63, 3.8) is 0 Å². The number of halogens is 2. The Labute approximate surface area is 141 Å². The molecule has 1 aliphatic carbocycles. The van der Waals surface area contributed by atoms with Gasteiger partial charge in [0.2, 0.25) is 5.82 Å². The number of imide groups is 1. The number of benzene rings is 1. The second kappa shape index (κ2) is 7.32. The Bertz CT molecular complexity index is 768. The minimum Gasteiger partial charge on any atom is -0.335 e. The van der Waals surface area contributed by atoms with E-state index >= 15 is 0 Å². The van der Waals surface area contributed by atoms with Gasteiger partial charge in [-0.25, -0.2) is 13.6 Å². The Balaban J connectivity index is 1.59. The summed E-state index contributed by atoms with van der Waals surface area (Å²) >= 11 is 0. The Kier molecular flexibility index (Phi) is 4.96. The first-order valence-electron chi connectivity index (χ1n) is 7.85. The SMILES string of the molecule is O=C(Cn1nnc(-c2c(F)cccc2F)n1)NC(=O)NC1CCCC1. The fraction of sp³-hybridized carbons (Fsp3) is 0.400. The fourth-order valence-electron chi connectivity index (χ4n) is 2.71. The van der Waals surface area contributed by atoms with Crippen LogP contribution in [-0.4, -0.2) is 38.2 Å². The van der Waals surface area contributed by atoms with Gasteiger partial charge < -0.3 is 5.32 Å². The number of tetrazole rings is 1. The quantitative estimate of drug-likeness (QED) is 0.867. The highest BCUT2D eigenvalue weighted by Crippen LogP contribution is 2.21. The molecule has 2 N–H and O–H groups in total. The Morgan fingerprint density at radius 3 is 2.56 bits per heavy atom. The summed E-state index contributed by atoms with van der Waals surface area (Å²) in [6.45, 7) is -0.402. The summed E-state index contributed by atoms with van der Waals surface area (Å²) in [5.74, 6) is -2.60. The number of carbonyl (C=O) groups is 2. The van der Waals surface area contributed by atoms with Gasteiger partial charge >= 0.3 is 6.03 Å². The topological polar surface area (TPSA) is 102 Å². The predicted molar refractivity (Wildman–Crippen MR) is 82.1 cm³/mol. The van der Waals surface area contributed by atoms with Gasteiger partial charge in [0.05, 0.1) is 5.56 Å². The van der Waals surface area contributed by atoms with Crippen LogP contribution in [0.2, 0.25) is 0 Å². The third-order valence-electron chi connectivity index (χ3n) is 3.87. The molecule has 2 aromatic rings. The first-order chi connectivity index (χ1) is 12.0. The van der Waals surface area contributed by atoms with E-state index in [0.29, 0.717) is 0 Å². The number of nitrogens with one attached hydrogen (secondary N) is 2. The van der Waals surface area contributed by atoms with Crippen LogP contribution in [0.15, 0.2) is 18.2 Å². The van der Waals surface area contributed by atoms with Crippen LogP contribution < -0.4 is 10.6 Å². The van der Waals surface area contributed by atoms with Crippen molar-refractivity contribution in [1.29, 1.82) is 0 Å². The van der Waals surface area contributed by atoms with E-state index in [2.05, 4.69) is 26.0 Å². The van der Waals surface area contributed by atoms with E-state index < -0.39 is 35.7 Å². The summed E-state index contributed by atoms with van der Waals surface area (Å²) in [6, 6.07) is 2.85. The maximum absolute atomic E-state index is 13.7. The third kappa shape index (κ3) is 4.14. The standard InChI is InChI=1S/C15H16F2N6O2/c16-10-6-3-7-11(17)13(10)14-20-22-23(21-14)8-12(24)19-15(25)18-9-4-1-2-5-9/h3,6-7,9H,1-2,4-5,8H2,(H2,18,19,24,25). The zero-order chi connectivity index (χ0) is 17.8. The van der Waals surface area contributed by atoms with Gasteiger partial charge in [0.15, 0.2) is 0 Å². The molecule has 0 spiro atoms. The van der Waals surface area contributed by atoms with Crippen molar-refractivity contribution < 1.29 is 18.4 Å². The second-order valence-electron chi connectivity index (χ2n) is 5.74. The molecule has 0 radical (unpaired) electrons. The van der Waals surface area contributed by atoms with Crippen molar-refractivity contribution in [1.82, 2.24) is 30.8 Å². The minimum absolute atomic E-state index is 0.0768. The molecule has 1 aromatic carbocycles. The predicted octanol–water partition coefficient (Wildman–Crippen LogP) is 1.39. The molecule has 10 heteroatoms. The van der Waals surface area contributed by atoms with E-state index in [4.69, 9.17) is 0 Å². The smallest absolute Gasteiger partial charge is 0.321 e. The van der Waals surface area contributed by atoms with Crippen molar-refractivity contribution in [2.75, 3.05) is 0 Å². The molecule has 1 fully saturated rings. The van der Waals surface area contributed by atoms with Gasteiger partial charge in [-0.1, -0.05) is 18.9 Å². The summed E-state index contributed by atoms with van der Waals surface area (Å²) in [5, 5.41) is 15.8. The highest BCUT2D eigenvalue weighted by atomic mass is 19.1. The van der Waals surface area contributed by atoms with Crippen LogP contribution in [0.5, 0.6) is 0 Å². The van der Waals surface area contributed by atoms with E-state index in [-0.39, 0.29) is 11.9 Å². The number of carbonyl (C=O) groups excluding carboxylic acids is 2. The molecular weight excluding hydrogens is 334 g/mol.